The second kappa shape index (κ2) is 8.67. The minimum Gasteiger partial charge on any atom is -0.467 e. The molecule has 2 aliphatic heterocycles. The van der Waals surface area contributed by atoms with E-state index in [1.54, 1.807) is 6.26 Å². The minimum atomic E-state index is 0.148. The quantitative estimate of drug-likeness (QED) is 0.769. The third-order valence-corrected chi connectivity index (χ3v) is 5.16. The fraction of sp³-hybridized carbons (Fsp3) is 0.737. The molecule has 3 rings (SSSR count). The predicted octanol–water partition coefficient (Wildman–Crippen LogP) is 2.91. The maximum absolute atomic E-state index is 13.1. The van der Waals surface area contributed by atoms with Gasteiger partial charge in [-0.2, -0.15) is 0 Å². The van der Waals surface area contributed by atoms with Crippen molar-refractivity contribution in [2.75, 3.05) is 32.8 Å². The summed E-state index contributed by atoms with van der Waals surface area (Å²) in [7, 11) is 0. The van der Waals surface area contributed by atoms with Crippen LogP contribution in [0.2, 0.25) is 0 Å². The first-order valence-electron chi connectivity index (χ1n) is 9.41. The van der Waals surface area contributed by atoms with Crippen molar-refractivity contribution in [1.29, 1.82) is 0 Å². The number of carbonyl (C=O) groups is 1. The van der Waals surface area contributed by atoms with Crippen molar-refractivity contribution in [2.45, 2.75) is 51.7 Å². The Labute approximate surface area is 144 Å². The molecule has 1 atom stereocenters. The number of likely N-dealkylation sites (tertiary alicyclic amines) is 1. The highest BCUT2D eigenvalue weighted by Gasteiger charge is 2.31. The van der Waals surface area contributed by atoms with Crippen molar-refractivity contribution < 1.29 is 13.9 Å². The normalized spacial score (nSPS) is 22.8. The molecule has 0 N–H and O–H groups in total. The van der Waals surface area contributed by atoms with Crippen molar-refractivity contribution in [2.24, 2.45) is 5.92 Å². The number of rotatable bonds is 7. The summed E-state index contributed by atoms with van der Waals surface area (Å²) in [4.78, 5) is 17.5. The molecule has 0 saturated carbocycles. The molecule has 1 aromatic rings. The summed E-state index contributed by atoms with van der Waals surface area (Å²) in [6.45, 7) is 7.51. The number of furan rings is 1. The molecule has 1 aromatic heterocycles. The lowest BCUT2D eigenvalue weighted by molar-refractivity contribution is -0.139. The second-order valence-corrected chi connectivity index (χ2v) is 7.05. The molecule has 0 radical (unpaired) electrons. The van der Waals surface area contributed by atoms with Crippen LogP contribution in [0.15, 0.2) is 22.8 Å². The van der Waals surface area contributed by atoms with Crippen LogP contribution in [0.4, 0.5) is 0 Å². The van der Waals surface area contributed by atoms with Crippen LogP contribution in [0.5, 0.6) is 0 Å². The smallest absolute Gasteiger partial charge is 0.226 e. The van der Waals surface area contributed by atoms with Crippen molar-refractivity contribution in [1.82, 2.24) is 9.80 Å². The van der Waals surface area contributed by atoms with Crippen molar-refractivity contribution in [3.05, 3.63) is 24.2 Å². The van der Waals surface area contributed by atoms with Gasteiger partial charge in [0.2, 0.25) is 5.91 Å². The largest absolute Gasteiger partial charge is 0.467 e. The van der Waals surface area contributed by atoms with Gasteiger partial charge in [-0.15, -0.1) is 0 Å². The molecule has 24 heavy (non-hydrogen) atoms. The Morgan fingerprint density at radius 3 is 2.79 bits per heavy atom. The van der Waals surface area contributed by atoms with Crippen LogP contribution in [0.25, 0.3) is 0 Å². The summed E-state index contributed by atoms with van der Waals surface area (Å²) in [5.74, 6) is 1.28. The zero-order chi connectivity index (χ0) is 16.8. The van der Waals surface area contributed by atoms with Crippen LogP contribution >= 0.6 is 0 Å². The number of piperidine rings is 1. The highest BCUT2D eigenvalue weighted by atomic mass is 16.5. The Hall–Kier alpha value is -1.33. The van der Waals surface area contributed by atoms with E-state index < -0.39 is 0 Å². The third kappa shape index (κ3) is 4.61. The Bertz CT molecular complexity index is 489. The minimum absolute atomic E-state index is 0.148. The van der Waals surface area contributed by atoms with E-state index in [2.05, 4.69) is 11.8 Å². The van der Waals surface area contributed by atoms with E-state index in [0.29, 0.717) is 13.1 Å². The van der Waals surface area contributed by atoms with Crippen LogP contribution < -0.4 is 0 Å². The van der Waals surface area contributed by atoms with Gasteiger partial charge >= 0.3 is 0 Å². The van der Waals surface area contributed by atoms with E-state index in [-0.39, 0.29) is 17.9 Å². The molecule has 3 heterocycles. The molecule has 5 nitrogen and oxygen atoms in total. The topological polar surface area (TPSA) is 45.9 Å². The van der Waals surface area contributed by atoms with Gasteiger partial charge in [-0.3, -0.25) is 4.79 Å². The van der Waals surface area contributed by atoms with Gasteiger partial charge < -0.3 is 19.0 Å². The van der Waals surface area contributed by atoms with Gasteiger partial charge in [-0.05, 0) is 63.9 Å². The number of carbonyl (C=O) groups excluding carboxylic acids is 1. The predicted molar refractivity (Wildman–Crippen MR) is 92.6 cm³/mol. The maximum atomic E-state index is 13.1. The summed E-state index contributed by atoms with van der Waals surface area (Å²) in [5.41, 5.74) is 0. The fourth-order valence-corrected chi connectivity index (χ4v) is 3.84. The van der Waals surface area contributed by atoms with Gasteiger partial charge in [-0.1, -0.05) is 6.92 Å². The maximum Gasteiger partial charge on any atom is 0.226 e. The third-order valence-electron chi connectivity index (χ3n) is 5.16. The van der Waals surface area contributed by atoms with Crippen LogP contribution in [0.1, 0.15) is 44.8 Å². The molecule has 2 saturated heterocycles. The van der Waals surface area contributed by atoms with Crippen LogP contribution in [0, 0.1) is 5.92 Å². The average molecular weight is 334 g/mol. The summed E-state index contributed by atoms with van der Waals surface area (Å²) in [5, 5.41) is 0. The number of amides is 1. The van der Waals surface area contributed by atoms with Crippen LogP contribution in [-0.4, -0.2) is 54.6 Å². The average Bonchev–Trinajstić information content (AvgIpc) is 3.28. The highest BCUT2D eigenvalue weighted by Crippen LogP contribution is 2.23. The second-order valence-electron chi connectivity index (χ2n) is 7.05. The van der Waals surface area contributed by atoms with Crippen LogP contribution in [-0.2, 0) is 16.1 Å². The molecule has 0 aromatic carbocycles. The zero-order valence-corrected chi connectivity index (χ0v) is 14.8. The molecule has 2 fully saturated rings. The van der Waals surface area contributed by atoms with E-state index in [4.69, 9.17) is 9.15 Å². The van der Waals surface area contributed by atoms with Crippen LogP contribution in [0.3, 0.4) is 0 Å². The van der Waals surface area contributed by atoms with Crippen molar-refractivity contribution >= 4 is 5.91 Å². The van der Waals surface area contributed by atoms with E-state index >= 15 is 0 Å². The highest BCUT2D eigenvalue weighted by molar-refractivity contribution is 5.79. The first-order valence-corrected chi connectivity index (χ1v) is 9.41. The molecule has 5 heteroatoms. The molecule has 0 bridgehead atoms. The van der Waals surface area contributed by atoms with Crippen molar-refractivity contribution in [3.8, 4) is 0 Å². The fourth-order valence-electron chi connectivity index (χ4n) is 3.84. The van der Waals surface area contributed by atoms with E-state index in [9.17, 15) is 4.79 Å². The monoisotopic (exact) mass is 334 g/mol. The van der Waals surface area contributed by atoms with E-state index in [0.717, 1.165) is 57.7 Å². The molecule has 1 amide bonds. The lowest BCUT2D eigenvalue weighted by Crippen LogP contribution is -2.44. The summed E-state index contributed by atoms with van der Waals surface area (Å²) in [6.07, 6.45) is 7.14. The first kappa shape index (κ1) is 17.5. The molecular weight excluding hydrogens is 304 g/mol. The summed E-state index contributed by atoms with van der Waals surface area (Å²) < 4.78 is 11.2. The Morgan fingerprint density at radius 1 is 1.33 bits per heavy atom. The SMILES string of the molecule is CCCN1CCC(C(=O)N(Cc2ccco2)C[C@H]2CCCO2)CC1. The molecular formula is C19H30N2O3. The lowest BCUT2D eigenvalue weighted by atomic mass is 9.95. The number of hydrogen-bond donors (Lipinski definition) is 0. The van der Waals surface area contributed by atoms with Gasteiger partial charge in [-0.25, -0.2) is 0 Å². The van der Waals surface area contributed by atoms with Gasteiger partial charge in [0, 0.05) is 19.1 Å². The van der Waals surface area contributed by atoms with E-state index in [1.165, 1.54) is 6.42 Å². The standard InChI is InChI=1S/C19H30N2O3/c1-2-9-20-10-7-16(8-11-20)19(22)21(14-17-5-3-12-23-17)15-18-6-4-13-24-18/h3,5,12,16,18H,2,4,6-11,13-15H2,1H3/t18-/m1/s1. The van der Waals surface area contributed by atoms with Gasteiger partial charge in [0.15, 0.2) is 0 Å². The molecule has 2 aliphatic rings. The van der Waals surface area contributed by atoms with Crippen molar-refractivity contribution in [3.63, 3.8) is 0 Å². The number of hydrogen-bond acceptors (Lipinski definition) is 4. The molecule has 0 spiro atoms. The number of ether oxygens (including phenoxy) is 1. The molecule has 134 valence electrons. The first-order chi connectivity index (χ1) is 11.8. The van der Waals surface area contributed by atoms with Gasteiger partial charge in [0.25, 0.3) is 0 Å². The van der Waals surface area contributed by atoms with Gasteiger partial charge in [0.1, 0.15) is 5.76 Å². The molecule has 0 aliphatic carbocycles. The Kier molecular flexibility index (Phi) is 6.32. The zero-order valence-electron chi connectivity index (χ0n) is 14.8. The van der Waals surface area contributed by atoms with Gasteiger partial charge in [0.05, 0.1) is 18.9 Å². The Morgan fingerprint density at radius 2 is 2.17 bits per heavy atom. The summed E-state index contributed by atoms with van der Waals surface area (Å²) in [6, 6.07) is 3.83. The Balaban J connectivity index is 1.59. The number of nitrogens with zero attached hydrogens (tertiary/aromatic N) is 2. The molecule has 0 unspecified atom stereocenters. The lowest BCUT2D eigenvalue weighted by Gasteiger charge is -2.34. The summed E-state index contributed by atoms with van der Waals surface area (Å²) >= 11 is 0. The van der Waals surface area contributed by atoms with E-state index in [1.807, 2.05) is 17.0 Å².